The summed E-state index contributed by atoms with van der Waals surface area (Å²) in [6.45, 7) is 1.88. The third-order valence-corrected chi connectivity index (χ3v) is 4.58. The summed E-state index contributed by atoms with van der Waals surface area (Å²) in [6.07, 6.45) is 5.20. The highest BCUT2D eigenvalue weighted by atomic mass is 16.5. The predicted octanol–water partition coefficient (Wildman–Crippen LogP) is 1.59. The lowest BCUT2D eigenvalue weighted by molar-refractivity contribution is -0.125. The molecular weight excluding hydrogens is 358 g/mol. The van der Waals surface area contributed by atoms with Gasteiger partial charge in [0.15, 0.2) is 0 Å². The molecule has 1 unspecified atom stereocenters. The molecule has 2 N–H and O–H groups in total. The topological polar surface area (TPSA) is 96.5 Å². The Balaban J connectivity index is 1.53. The van der Waals surface area contributed by atoms with Crippen LogP contribution in [-0.2, 0) is 20.9 Å². The Morgan fingerprint density at radius 1 is 1.25 bits per heavy atom. The molecule has 8 heteroatoms. The molecule has 1 fully saturated rings. The van der Waals surface area contributed by atoms with Gasteiger partial charge in [-0.2, -0.15) is 0 Å². The first kappa shape index (κ1) is 19.8. The Hall–Kier alpha value is -3.00. The summed E-state index contributed by atoms with van der Waals surface area (Å²) in [4.78, 5) is 34.9. The van der Waals surface area contributed by atoms with Crippen LogP contribution in [0.5, 0.6) is 0 Å². The molecule has 1 aromatic carbocycles. The van der Waals surface area contributed by atoms with Crippen LogP contribution < -0.4 is 15.5 Å². The minimum absolute atomic E-state index is 0.00424. The van der Waals surface area contributed by atoms with Crippen LogP contribution in [0.2, 0.25) is 0 Å². The van der Waals surface area contributed by atoms with E-state index in [9.17, 15) is 9.59 Å². The maximum atomic E-state index is 12.6. The second-order valence-corrected chi connectivity index (χ2v) is 6.73. The maximum Gasteiger partial charge on any atom is 0.250 e. The second-order valence-electron chi connectivity index (χ2n) is 6.73. The Kier molecular flexibility index (Phi) is 6.91. The average molecular weight is 383 g/mol. The highest BCUT2D eigenvalue weighted by Gasteiger charge is 2.26. The van der Waals surface area contributed by atoms with Crippen LogP contribution in [0.3, 0.4) is 0 Å². The van der Waals surface area contributed by atoms with E-state index in [1.165, 1.54) is 7.11 Å². The van der Waals surface area contributed by atoms with E-state index in [2.05, 4.69) is 25.5 Å². The van der Waals surface area contributed by atoms with Gasteiger partial charge >= 0.3 is 0 Å². The molecule has 2 heterocycles. The standard InChI is InChI=1S/C20H25N5O3/c1-28-14-18(26)24-17-7-2-5-15(11-17)12-23-19(27)16-6-3-10-25(13-16)20-21-8-4-9-22-20/h2,4-5,7-9,11,16H,3,6,10,12-14H2,1H3,(H,23,27)(H,24,26). The molecule has 0 spiro atoms. The molecule has 1 aliphatic heterocycles. The number of anilines is 2. The minimum atomic E-state index is -0.214. The van der Waals surface area contributed by atoms with Crippen molar-refractivity contribution in [3.8, 4) is 0 Å². The first-order valence-corrected chi connectivity index (χ1v) is 9.33. The van der Waals surface area contributed by atoms with Gasteiger partial charge < -0.3 is 20.3 Å². The lowest BCUT2D eigenvalue weighted by Gasteiger charge is -2.31. The van der Waals surface area contributed by atoms with E-state index >= 15 is 0 Å². The van der Waals surface area contributed by atoms with Crippen molar-refractivity contribution in [2.75, 3.05) is 37.0 Å². The molecule has 8 nitrogen and oxygen atoms in total. The highest BCUT2D eigenvalue weighted by Crippen LogP contribution is 2.20. The number of hydrogen-bond acceptors (Lipinski definition) is 6. The summed E-state index contributed by atoms with van der Waals surface area (Å²) >= 11 is 0. The third-order valence-electron chi connectivity index (χ3n) is 4.58. The van der Waals surface area contributed by atoms with Crippen LogP contribution >= 0.6 is 0 Å². The van der Waals surface area contributed by atoms with Gasteiger partial charge in [-0.15, -0.1) is 0 Å². The number of benzene rings is 1. The summed E-state index contributed by atoms with van der Waals surface area (Å²) < 4.78 is 4.81. The molecule has 148 valence electrons. The molecule has 2 aromatic rings. The summed E-state index contributed by atoms with van der Waals surface area (Å²) in [7, 11) is 1.47. The van der Waals surface area contributed by atoms with Crippen molar-refractivity contribution in [2.45, 2.75) is 19.4 Å². The fourth-order valence-electron chi connectivity index (χ4n) is 3.25. The van der Waals surface area contributed by atoms with Gasteiger partial charge in [-0.3, -0.25) is 9.59 Å². The number of carbonyl (C=O) groups excluding carboxylic acids is 2. The van der Waals surface area contributed by atoms with Gasteiger partial charge in [0.25, 0.3) is 0 Å². The van der Waals surface area contributed by atoms with Gasteiger partial charge in [0.1, 0.15) is 6.61 Å². The molecule has 1 atom stereocenters. The van der Waals surface area contributed by atoms with Crippen molar-refractivity contribution in [3.63, 3.8) is 0 Å². The fraction of sp³-hybridized carbons (Fsp3) is 0.400. The van der Waals surface area contributed by atoms with Crippen LogP contribution in [0.25, 0.3) is 0 Å². The Morgan fingerprint density at radius 2 is 2.07 bits per heavy atom. The number of rotatable bonds is 7. The summed E-state index contributed by atoms with van der Waals surface area (Å²) in [5, 5.41) is 5.76. The summed E-state index contributed by atoms with van der Waals surface area (Å²) in [5.41, 5.74) is 1.60. The Morgan fingerprint density at radius 3 is 2.86 bits per heavy atom. The number of nitrogens with one attached hydrogen (secondary N) is 2. The molecule has 1 saturated heterocycles. The fourth-order valence-corrected chi connectivity index (χ4v) is 3.25. The zero-order valence-corrected chi connectivity index (χ0v) is 15.9. The Labute approximate surface area is 164 Å². The van der Waals surface area contributed by atoms with E-state index in [1.807, 2.05) is 18.2 Å². The lowest BCUT2D eigenvalue weighted by atomic mass is 9.97. The zero-order chi connectivity index (χ0) is 19.8. The van der Waals surface area contributed by atoms with Crippen molar-refractivity contribution in [3.05, 3.63) is 48.3 Å². The van der Waals surface area contributed by atoms with Crippen LogP contribution in [0.15, 0.2) is 42.7 Å². The molecule has 0 aliphatic carbocycles. The van der Waals surface area contributed by atoms with Crippen molar-refractivity contribution >= 4 is 23.5 Å². The number of carbonyl (C=O) groups is 2. The first-order chi connectivity index (χ1) is 13.7. The van der Waals surface area contributed by atoms with Crippen LogP contribution in [0.1, 0.15) is 18.4 Å². The summed E-state index contributed by atoms with van der Waals surface area (Å²) in [5.74, 6) is 0.380. The van der Waals surface area contributed by atoms with Gasteiger partial charge in [-0.25, -0.2) is 9.97 Å². The van der Waals surface area contributed by atoms with E-state index in [-0.39, 0.29) is 24.3 Å². The normalized spacial score (nSPS) is 16.5. The van der Waals surface area contributed by atoms with Crippen molar-refractivity contribution in [1.29, 1.82) is 0 Å². The SMILES string of the molecule is COCC(=O)Nc1cccc(CNC(=O)C2CCCN(c3ncccn3)C2)c1. The molecular formula is C20H25N5O3. The van der Waals surface area contributed by atoms with Crippen LogP contribution in [-0.4, -0.2) is 48.6 Å². The molecule has 2 amide bonds. The zero-order valence-electron chi connectivity index (χ0n) is 15.9. The van der Waals surface area contributed by atoms with E-state index < -0.39 is 0 Å². The summed E-state index contributed by atoms with van der Waals surface area (Å²) in [6, 6.07) is 9.19. The van der Waals surface area contributed by atoms with E-state index in [0.29, 0.717) is 24.7 Å². The number of amides is 2. The number of ether oxygens (including phenoxy) is 1. The quantitative estimate of drug-likeness (QED) is 0.754. The third kappa shape index (κ3) is 5.50. The first-order valence-electron chi connectivity index (χ1n) is 9.33. The number of aromatic nitrogens is 2. The Bertz CT molecular complexity index is 799. The van der Waals surface area contributed by atoms with E-state index in [0.717, 1.165) is 24.9 Å². The predicted molar refractivity (Wildman–Crippen MR) is 106 cm³/mol. The maximum absolute atomic E-state index is 12.6. The monoisotopic (exact) mass is 383 g/mol. The number of piperidine rings is 1. The van der Waals surface area contributed by atoms with Crippen LogP contribution in [0, 0.1) is 5.92 Å². The second kappa shape index (κ2) is 9.80. The van der Waals surface area contributed by atoms with Crippen LogP contribution in [0.4, 0.5) is 11.6 Å². The van der Waals surface area contributed by atoms with Gasteiger partial charge in [0.05, 0.1) is 5.92 Å². The number of nitrogens with zero attached hydrogens (tertiary/aromatic N) is 3. The minimum Gasteiger partial charge on any atom is -0.375 e. The average Bonchev–Trinajstić information content (AvgIpc) is 2.73. The van der Waals surface area contributed by atoms with Crippen molar-refractivity contribution in [2.24, 2.45) is 5.92 Å². The largest absolute Gasteiger partial charge is 0.375 e. The van der Waals surface area contributed by atoms with Crippen molar-refractivity contribution in [1.82, 2.24) is 15.3 Å². The van der Waals surface area contributed by atoms with Gasteiger partial charge in [0.2, 0.25) is 17.8 Å². The molecule has 1 aliphatic rings. The van der Waals surface area contributed by atoms with Crippen molar-refractivity contribution < 1.29 is 14.3 Å². The molecule has 28 heavy (non-hydrogen) atoms. The van der Waals surface area contributed by atoms with E-state index in [4.69, 9.17) is 4.74 Å². The van der Waals surface area contributed by atoms with Gasteiger partial charge in [0, 0.05) is 44.8 Å². The highest BCUT2D eigenvalue weighted by molar-refractivity contribution is 5.91. The smallest absolute Gasteiger partial charge is 0.250 e. The molecule has 0 bridgehead atoms. The molecule has 0 saturated carbocycles. The van der Waals surface area contributed by atoms with Gasteiger partial charge in [-0.05, 0) is 36.6 Å². The molecule has 1 aromatic heterocycles. The number of hydrogen-bond donors (Lipinski definition) is 2. The van der Waals surface area contributed by atoms with Gasteiger partial charge in [-0.1, -0.05) is 12.1 Å². The lowest BCUT2D eigenvalue weighted by Crippen LogP contribution is -2.43. The number of methoxy groups -OCH3 is 1. The van der Waals surface area contributed by atoms with E-state index in [1.54, 1.807) is 24.5 Å². The molecule has 3 rings (SSSR count). The molecule has 0 radical (unpaired) electrons.